The molecule has 0 spiro atoms. The number of halogens is 2. The van der Waals surface area contributed by atoms with E-state index in [-0.39, 0.29) is 28.9 Å². The van der Waals surface area contributed by atoms with Crippen molar-refractivity contribution in [2.24, 2.45) is 0 Å². The molecule has 0 aliphatic heterocycles. The van der Waals surface area contributed by atoms with Gasteiger partial charge in [-0.15, -0.1) is 0 Å². The largest absolute Gasteiger partial charge is 0.481 e. The van der Waals surface area contributed by atoms with Crippen LogP contribution in [-0.4, -0.2) is 33.4 Å². The summed E-state index contributed by atoms with van der Waals surface area (Å²) in [7, 11) is -3.37. The number of hydrogen-bond donors (Lipinski definition) is 0. The van der Waals surface area contributed by atoms with E-state index in [0.29, 0.717) is 21.9 Å². The molecule has 2 aromatic carbocycles. The first-order chi connectivity index (χ1) is 12.3. The topological polar surface area (TPSA) is 69.7 Å². The Morgan fingerprint density at radius 2 is 1.77 bits per heavy atom. The fourth-order valence-corrected chi connectivity index (χ4v) is 3.68. The molecule has 140 valence electrons. The quantitative estimate of drug-likeness (QED) is 0.625. The lowest BCUT2D eigenvalue weighted by Gasteiger charge is -2.14. The molecule has 0 aliphatic carbocycles. The Labute approximate surface area is 162 Å². The second-order valence-electron chi connectivity index (χ2n) is 5.28. The molecule has 0 unspecified atom stereocenters. The standard InChI is InChI=1S/C18H18Cl2O5S/c1-3-24-18(21)11-25-17-8-5-12(19)9-15(17)14-7-6-13(10-16(14)20)26(22,23)4-2/h5-10H,3-4,11H2,1-2H3. The molecule has 2 rings (SSSR count). The lowest BCUT2D eigenvalue weighted by Crippen LogP contribution is -2.14. The molecule has 0 fully saturated rings. The van der Waals surface area contributed by atoms with Crippen molar-refractivity contribution in [1.82, 2.24) is 0 Å². The highest BCUT2D eigenvalue weighted by molar-refractivity contribution is 7.91. The number of esters is 1. The van der Waals surface area contributed by atoms with Crippen LogP contribution in [0.1, 0.15) is 13.8 Å². The molecular formula is C18H18Cl2O5S. The van der Waals surface area contributed by atoms with Crippen molar-refractivity contribution in [2.75, 3.05) is 19.0 Å². The SMILES string of the molecule is CCOC(=O)COc1ccc(Cl)cc1-c1ccc(S(=O)(=O)CC)cc1Cl. The molecule has 0 saturated heterocycles. The van der Waals surface area contributed by atoms with E-state index in [2.05, 4.69) is 0 Å². The first-order valence-electron chi connectivity index (χ1n) is 7.89. The van der Waals surface area contributed by atoms with Gasteiger partial charge < -0.3 is 9.47 Å². The van der Waals surface area contributed by atoms with Crippen LogP contribution in [-0.2, 0) is 19.4 Å². The van der Waals surface area contributed by atoms with E-state index in [0.717, 1.165) is 0 Å². The highest BCUT2D eigenvalue weighted by Gasteiger charge is 2.17. The predicted molar refractivity (Wildman–Crippen MR) is 102 cm³/mol. The van der Waals surface area contributed by atoms with E-state index < -0.39 is 15.8 Å². The van der Waals surface area contributed by atoms with Gasteiger partial charge in [0.2, 0.25) is 0 Å². The number of hydrogen-bond acceptors (Lipinski definition) is 5. The summed E-state index contributed by atoms with van der Waals surface area (Å²) in [5.74, 6) is -0.132. The van der Waals surface area contributed by atoms with Crippen molar-refractivity contribution in [3.63, 3.8) is 0 Å². The molecule has 0 N–H and O–H groups in total. The van der Waals surface area contributed by atoms with E-state index in [9.17, 15) is 13.2 Å². The first kappa shape index (κ1) is 20.6. The van der Waals surface area contributed by atoms with Crippen LogP contribution in [0.15, 0.2) is 41.3 Å². The molecule has 0 aliphatic rings. The van der Waals surface area contributed by atoms with Crippen LogP contribution < -0.4 is 4.74 Å². The lowest BCUT2D eigenvalue weighted by molar-refractivity contribution is -0.145. The van der Waals surface area contributed by atoms with Gasteiger partial charge >= 0.3 is 5.97 Å². The van der Waals surface area contributed by atoms with E-state index >= 15 is 0 Å². The van der Waals surface area contributed by atoms with Gasteiger partial charge in [0, 0.05) is 21.2 Å². The zero-order chi connectivity index (χ0) is 19.3. The Kier molecular flexibility index (Phi) is 6.92. The molecule has 0 saturated carbocycles. The van der Waals surface area contributed by atoms with E-state index in [1.165, 1.54) is 12.1 Å². The summed E-state index contributed by atoms with van der Waals surface area (Å²) in [6.07, 6.45) is 0. The van der Waals surface area contributed by atoms with Gasteiger partial charge in [-0.3, -0.25) is 0 Å². The predicted octanol–water partition coefficient (Wildman–Crippen LogP) is 4.40. The third-order valence-electron chi connectivity index (χ3n) is 3.56. The molecule has 0 aromatic heterocycles. The average molecular weight is 417 g/mol. The van der Waals surface area contributed by atoms with Crippen molar-refractivity contribution in [3.8, 4) is 16.9 Å². The monoisotopic (exact) mass is 416 g/mol. The summed E-state index contributed by atoms with van der Waals surface area (Å²) in [4.78, 5) is 11.7. The molecule has 0 atom stereocenters. The van der Waals surface area contributed by atoms with Crippen molar-refractivity contribution in [1.29, 1.82) is 0 Å². The van der Waals surface area contributed by atoms with Gasteiger partial charge in [-0.2, -0.15) is 0 Å². The third-order valence-corrected chi connectivity index (χ3v) is 5.84. The zero-order valence-electron chi connectivity index (χ0n) is 14.3. The highest BCUT2D eigenvalue weighted by atomic mass is 35.5. The maximum atomic E-state index is 12.0. The Morgan fingerprint density at radius 1 is 1.04 bits per heavy atom. The number of ether oxygens (including phenoxy) is 2. The molecule has 0 heterocycles. The van der Waals surface area contributed by atoms with Crippen LogP contribution >= 0.6 is 23.2 Å². The van der Waals surface area contributed by atoms with Gasteiger partial charge in [0.05, 0.1) is 17.3 Å². The average Bonchev–Trinajstić information content (AvgIpc) is 2.60. The molecular weight excluding hydrogens is 399 g/mol. The summed E-state index contributed by atoms with van der Waals surface area (Å²) < 4.78 is 34.4. The Hall–Kier alpha value is -1.76. The molecule has 0 amide bonds. The molecule has 26 heavy (non-hydrogen) atoms. The summed E-state index contributed by atoms with van der Waals surface area (Å²) in [5, 5.41) is 0.688. The van der Waals surface area contributed by atoms with Crippen molar-refractivity contribution in [2.45, 2.75) is 18.7 Å². The number of rotatable bonds is 7. The van der Waals surface area contributed by atoms with Crippen LogP contribution in [0.25, 0.3) is 11.1 Å². The van der Waals surface area contributed by atoms with Crippen LogP contribution in [0.5, 0.6) is 5.75 Å². The smallest absolute Gasteiger partial charge is 0.344 e. The van der Waals surface area contributed by atoms with Crippen LogP contribution in [0.2, 0.25) is 10.0 Å². The Balaban J connectivity index is 2.41. The second kappa shape index (κ2) is 8.75. The van der Waals surface area contributed by atoms with Gasteiger partial charge in [0.25, 0.3) is 0 Å². The minimum atomic E-state index is -3.37. The minimum absolute atomic E-state index is 0.0201. The van der Waals surface area contributed by atoms with Crippen LogP contribution in [0.3, 0.4) is 0 Å². The van der Waals surface area contributed by atoms with Crippen LogP contribution in [0.4, 0.5) is 0 Å². The van der Waals surface area contributed by atoms with Gasteiger partial charge in [-0.25, -0.2) is 13.2 Å². The highest BCUT2D eigenvalue weighted by Crippen LogP contribution is 2.37. The summed E-state index contributed by atoms with van der Waals surface area (Å²) in [5.41, 5.74) is 1.09. The Bertz CT molecular complexity index is 910. The Morgan fingerprint density at radius 3 is 2.38 bits per heavy atom. The number of sulfone groups is 1. The molecule has 0 radical (unpaired) electrons. The lowest BCUT2D eigenvalue weighted by atomic mass is 10.0. The van der Waals surface area contributed by atoms with E-state index in [1.54, 1.807) is 38.1 Å². The number of carbonyl (C=O) groups is 1. The summed E-state index contributed by atoms with van der Waals surface area (Å²) in [6, 6.07) is 9.34. The zero-order valence-corrected chi connectivity index (χ0v) is 16.6. The molecule has 5 nitrogen and oxygen atoms in total. The third kappa shape index (κ3) is 4.90. The maximum Gasteiger partial charge on any atom is 0.344 e. The molecule has 2 aromatic rings. The normalized spacial score (nSPS) is 11.2. The fraction of sp³-hybridized carbons (Fsp3) is 0.278. The summed E-state index contributed by atoms with van der Waals surface area (Å²) >= 11 is 12.4. The van der Waals surface area contributed by atoms with Crippen molar-refractivity contribution in [3.05, 3.63) is 46.4 Å². The maximum absolute atomic E-state index is 12.0. The molecule has 8 heteroatoms. The van der Waals surface area contributed by atoms with Crippen molar-refractivity contribution >= 4 is 39.0 Å². The van der Waals surface area contributed by atoms with Crippen LogP contribution in [0, 0.1) is 0 Å². The first-order valence-corrected chi connectivity index (χ1v) is 10.3. The van der Waals surface area contributed by atoms with Crippen molar-refractivity contribution < 1.29 is 22.7 Å². The fourth-order valence-electron chi connectivity index (χ4n) is 2.25. The second-order valence-corrected chi connectivity index (χ2v) is 8.40. The summed E-state index contributed by atoms with van der Waals surface area (Å²) in [6.45, 7) is 3.27. The minimum Gasteiger partial charge on any atom is -0.481 e. The van der Waals surface area contributed by atoms with Gasteiger partial charge in [-0.1, -0.05) is 36.2 Å². The van der Waals surface area contributed by atoms with Gasteiger partial charge in [-0.05, 0) is 37.3 Å². The van der Waals surface area contributed by atoms with E-state index in [4.69, 9.17) is 32.7 Å². The number of carbonyl (C=O) groups excluding carboxylic acids is 1. The van der Waals surface area contributed by atoms with Gasteiger partial charge in [0.15, 0.2) is 16.4 Å². The number of benzene rings is 2. The molecule has 0 bridgehead atoms. The van der Waals surface area contributed by atoms with E-state index in [1.807, 2.05) is 0 Å². The van der Waals surface area contributed by atoms with Gasteiger partial charge in [0.1, 0.15) is 5.75 Å².